The Morgan fingerprint density at radius 1 is 1.11 bits per heavy atom. The standard InChI is InChI=1S/C29H35Cl2N3O/c1-3-21-19-34(15-12-22(21)16-20-7-9-26(30)27(31)17-20)25(4-2)11-14-33-29(35)24-8-10-28-23(18-24)6-5-13-32-28/h5-10,13,17-18,21-22,25H,3-4,11-12,14-16,19H2,1-2H3,(H,33,35). The van der Waals surface area contributed by atoms with Crippen LogP contribution in [0.5, 0.6) is 0 Å². The van der Waals surface area contributed by atoms with Gasteiger partial charge in [-0.3, -0.25) is 9.78 Å². The number of pyridine rings is 1. The molecule has 1 aromatic heterocycles. The Morgan fingerprint density at radius 2 is 1.97 bits per heavy atom. The highest BCUT2D eigenvalue weighted by molar-refractivity contribution is 6.42. The minimum absolute atomic E-state index is 0.0163. The van der Waals surface area contributed by atoms with Crippen molar-refractivity contribution >= 4 is 40.0 Å². The van der Waals surface area contributed by atoms with Gasteiger partial charge in [0.2, 0.25) is 0 Å². The first-order valence-corrected chi connectivity index (χ1v) is 13.5. The monoisotopic (exact) mass is 511 g/mol. The van der Waals surface area contributed by atoms with Gasteiger partial charge in [0, 0.05) is 36.3 Å². The van der Waals surface area contributed by atoms with Gasteiger partial charge in [0.15, 0.2) is 0 Å². The van der Waals surface area contributed by atoms with E-state index in [0.717, 1.165) is 43.3 Å². The summed E-state index contributed by atoms with van der Waals surface area (Å²) in [5.74, 6) is 1.30. The maximum atomic E-state index is 12.7. The molecule has 3 unspecified atom stereocenters. The summed E-state index contributed by atoms with van der Waals surface area (Å²) in [5, 5.41) is 5.38. The van der Waals surface area contributed by atoms with Gasteiger partial charge in [-0.25, -0.2) is 0 Å². The van der Waals surface area contributed by atoms with Crippen molar-refractivity contribution in [3.8, 4) is 0 Å². The summed E-state index contributed by atoms with van der Waals surface area (Å²) in [4.78, 5) is 19.7. The number of amides is 1. The van der Waals surface area contributed by atoms with Crippen molar-refractivity contribution in [1.82, 2.24) is 15.2 Å². The van der Waals surface area contributed by atoms with E-state index < -0.39 is 0 Å². The molecule has 186 valence electrons. The summed E-state index contributed by atoms with van der Waals surface area (Å²) >= 11 is 12.3. The van der Waals surface area contributed by atoms with Gasteiger partial charge >= 0.3 is 0 Å². The van der Waals surface area contributed by atoms with Crippen LogP contribution in [0.2, 0.25) is 10.0 Å². The number of halogens is 2. The van der Waals surface area contributed by atoms with Gasteiger partial charge < -0.3 is 10.2 Å². The molecular weight excluding hydrogens is 477 g/mol. The number of likely N-dealkylation sites (tertiary alicyclic amines) is 1. The second-order valence-corrected chi connectivity index (χ2v) is 10.5. The normalized spacial score (nSPS) is 19.5. The number of piperidine rings is 1. The number of carbonyl (C=O) groups excluding carboxylic acids is 1. The van der Waals surface area contributed by atoms with E-state index in [1.165, 1.54) is 18.4 Å². The molecule has 3 aromatic rings. The van der Waals surface area contributed by atoms with Crippen molar-refractivity contribution in [2.45, 2.75) is 52.0 Å². The summed E-state index contributed by atoms with van der Waals surface area (Å²) in [5.41, 5.74) is 2.87. The molecule has 6 heteroatoms. The van der Waals surface area contributed by atoms with Crippen LogP contribution >= 0.6 is 23.2 Å². The number of nitrogens with one attached hydrogen (secondary N) is 1. The number of hydrogen-bond acceptors (Lipinski definition) is 3. The van der Waals surface area contributed by atoms with Crippen molar-refractivity contribution in [1.29, 1.82) is 0 Å². The highest BCUT2D eigenvalue weighted by Gasteiger charge is 2.31. The molecular formula is C29H35Cl2N3O. The fraction of sp³-hybridized carbons (Fsp3) is 0.448. The van der Waals surface area contributed by atoms with E-state index >= 15 is 0 Å². The molecule has 4 rings (SSSR count). The van der Waals surface area contributed by atoms with Crippen LogP contribution in [0.3, 0.4) is 0 Å². The molecule has 0 aliphatic carbocycles. The quantitative estimate of drug-likeness (QED) is 0.335. The number of aromatic nitrogens is 1. The van der Waals surface area contributed by atoms with E-state index in [4.69, 9.17) is 23.2 Å². The Hall–Kier alpha value is -2.14. The topological polar surface area (TPSA) is 45.2 Å². The summed E-state index contributed by atoms with van der Waals surface area (Å²) in [6.45, 7) is 7.46. The largest absolute Gasteiger partial charge is 0.352 e. The van der Waals surface area contributed by atoms with Gasteiger partial charge in [-0.15, -0.1) is 0 Å². The second-order valence-electron chi connectivity index (χ2n) is 9.68. The molecule has 1 aliphatic heterocycles. The van der Waals surface area contributed by atoms with Crippen LogP contribution in [-0.4, -0.2) is 41.5 Å². The fourth-order valence-electron chi connectivity index (χ4n) is 5.46. The molecule has 3 atom stereocenters. The molecule has 2 aromatic carbocycles. The second kappa shape index (κ2) is 12.2. The number of rotatable bonds is 9. The van der Waals surface area contributed by atoms with Gasteiger partial charge in [-0.1, -0.05) is 55.6 Å². The zero-order chi connectivity index (χ0) is 24.8. The first-order chi connectivity index (χ1) is 17.0. The molecule has 1 N–H and O–H groups in total. The number of benzene rings is 2. The SMILES string of the molecule is CCC1CN(C(CC)CCNC(=O)c2ccc3ncccc3c2)CCC1Cc1ccc(Cl)c(Cl)c1. The average molecular weight is 513 g/mol. The van der Waals surface area contributed by atoms with Gasteiger partial charge in [0.1, 0.15) is 0 Å². The molecule has 0 bridgehead atoms. The maximum Gasteiger partial charge on any atom is 0.251 e. The number of hydrogen-bond donors (Lipinski definition) is 1. The van der Waals surface area contributed by atoms with E-state index in [1.807, 2.05) is 42.5 Å². The molecule has 1 saturated heterocycles. The molecule has 1 amide bonds. The third-order valence-corrected chi connectivity index (χ3v) is 8.28. The minimum Gasteiger partial charge on any atom is -0.352 e. The lowest BCUT2D eigenvalue weighted by molar-refractivity contribution is 0.0717. The lowest BCUT2D eigenvalue weighted by atomic mass is 9.79. The van der Waals surface area contributed by atoms with Crippen LogP contribution in [0.1, 0.15) is 55.5 Å². The van der Waals surface area contributed by atoms with Crippen LogP contribution in [-0.2, 0) is 6.42 Å². The Morgan fingerprint density at radius 3 is 2.74 bits per heavy atom. The summed E-state index contributed by atoms with van der Waals surface area (Å²) in [7, 11) is 0. The molecule has 0 saturated carbocycles. The molecule has 1 fully saturated rings. The van der Waals surface area contributed by atoms with Crippen molar-refractivity contribution in [2.75, 3.05) is 19.6 Å². The highest BCUT2D eigenvalue weighted by Crippen LogP contribution is 2.32. The van der Waals surface area contributed by atoms with Gasteiger partial charge in [-0.2, -0.15) is 0 Å². The lowest BCUT2D eigenvalue weighted by Crippen LogP contribution is -2.47. The van der Waals surface area contributed by atoms with Crippen LogP contribution in [0, 0.1) is 11.8 Å². The number of carbonyl (C=O) groups is 1. The zero-order valence-electron chi connectivity index (χ0n) is 20.6. The predicted molar refractivity (Wildman–Crippen MR) is 146 cm³/mol. The molecule has 4 nitrogen and oxygen atoms in total. The summed E-state index contributed by atoms with van der Waals surface area (Å²) < 4.78 is 0. The number of fused-ring (bicyclic) bond motifs is 1. The average Bonchev–Trinajstić information content (AvgIpc) is 2.88. The van der Waals surface area contributed by atoms with E-state index in [9.17, 15) is 4.79 Å². The van der Waals surface area contributed by atoms with Crippen molar-refractivity contribution < 1.29 is 4.79 Å². The van der Waals surface area contributed by atoms with E-state index in [1.54, 1.807) is 6.20 Å². The molecule has 1 aliphatic rings. The first kappa shape index (κ1) is 25.9. The maximum absolute atomic E-state index is 12.7. The Bertz CT molecular complexity index is 1150. The number of nitrogens with zero attached hydrogens (tertiary/aromatic N) is 2. The van der Waals surface area contributed by atoms with Gasteiger partial charge in [0.05, 0.1) is 15.6 Å². The molecule has 0 radical (unpaired) electrons. The first-order valence-electron chi connectivity index (χ1n) is 12.8. The molecule has 0 spiro atoms. The summed E-state index contributed by atoms with van der Waals surface area (Å²) in [6, 6.07) is 16.1. The van der Waals surface area contributed by atoms with E-state index in [2.05, 4.69) is 35.1 Å². The molecule has 2 heterocycles. The van der Waals surface area contributed by atoms with Crippen LogP contribution in [0.25, 0.3) is 10.9 Å². The van der Waals surface area contributed by atoms with Crippen molar-refractivity contribution in [3.63, 3.8) is 0 Å². The Kier molecular flexibility index (Phi) is 9.04. The van der Waals surface area contributed by atoms with Crippen LogP contribution in [0.15, 0.2) is 54.7 Å². The fourth-order valence-corrected chi connectivity index (χ4v) is 5.78. The smallest absolute Gasteiger partial charge is 0.251 e. The highest BCUT2D eigenvalue weighted by atomic mass is 35.5. The van der Waals surface area contributed by atoms with Crippen LogP contribution in [0.4, 0.5) is 0 Å². The zero-order valence-corrected chi connectivity index (χ0v) is 22.2. The van der Waals surface area contributed by atoms with Gasteiger partial charge in [-0.05, 0) is 86.0 Å². The summed E-state index contributed by atoms with van der Waals surface area (Å²) in [6.07, 6.45) is 7.24. The van der Waals surface area contributed by atoms with Gasteiger partial charge in [0.25, 0.3) is 5.91 Å². The van der Waals surface area contributed by atoms with E-state index in [-0.39, 0.29) is 5.91 Å². The van der Waals surface area contributed by atoms with Crippen LogP contribution < -0.4 is 5.32 Å². The third-order valence-electron chi connectivity index (χ3n) is 7.55. The Balaban J connectivity index is 1.29. The Labute approximate surface area is 219 Å². The van der Waals surface area contributed by atoms with E-state index in [0.29, 0.717) is 40.0 Å². The lowest BCUT2D eigenvalue weighted by Gasteiger charge is -2.42. The van der Waals surface area contributed by atoms with Crippen molar-refractivity contribution in [3.05, 3.63) is 75.9 Å². The third kappa shape index (κ3) is 6.55. The van der Waals surface area contributed by atoms with Crippen molar-refractivity contribution in [2.24, 2.45) is 11.8 Å². The molecule has 35 heavy (non-hydrogen) atoms. The minimum atomic E-state index is -0.0163. The predicted octanol–water partition coefficient (Wildman–Crippen LogP) is 7.03.